The summed E-state index contributed by atoms with van der Waals surface area (Å²) in [5.41, 5.74) is 3.26. The van der Waals surface area contributed by atoms with Crippen molar-refractivity contribution in [2.24, 2.45) is 10.2 Å². The normalized spacial score (nSPS) is 10.7. The van der Waals surface area contributed by atoms with Crippen molar-refractivity contribution in [3.8, 4) is 0 Å². The SMILES string of the molecule is CCCNC(=O)c1ccc(N=Nc2ccc(N(C)C)cc2)cc1. The van der Waals surface area contributed by atoms with Gasteiger partial charge < -0.3 is 10.2 Å². The van der Waals surface area contributed by atoms with Crippen molar-refractivity contribution in [3.05, 3.63) is 54.1 Å². The maximum Gasteiger partial charge on any atom is 0.251 e. The number of hydrogen-bond acceptors (Lipinski definition) is 4. The third-order valence-electron chi connectivity index (χ3n) is 3.31. The molecule has 0 aliphatic heterocycles. The fourth-order valence-electron chi connectivity index (χ4n) is 1.95. The van der Waals surface area contributed by atoms with Crippen molar-refractivity contribution in [1.29, 1.82) is 0 Å². The van der Waals surface area contributed by atoms with E-state index in [1.54, 1.807) is 24.3 Å². The fourth-order valence-corrected chi connectivity index (χ4v) is 1.95. The van der Waals surface area contributed by atoms with Gasteiger partial charge in [0.05, 0.1) is 11.4 Å². The Morgan fingerprint density at radius 1 is 0.957 bits per heavy atom. The van der Waals surface area contributed by atoms with Gasteiger partial charge in [0.25, 0.3) is 5.91 Å². The minimum atomic E-state index is -0.0605. The van der Waals surface area contributed by atoms with Gasteiger partial charge in [-0.15, -0.1) is 0 Å². The van der Waals surface area contributed by atoms with Crippen molar-refractivity contribution < 1.29 is 4.79 Å². The van der Waals surface area contributed by atoms with Crippen molar-refractivity contribution in [2.75, 3.05) is 25.5 Å². The molecule has 2 aromatic carbocycles. The first-order chi connectivity index (χ1) is 11.1. The molecule has 5 nitrogen and oxygen atoms in total. The van der Waals surface area contributed by atoms with E-state index in [0.29, 0.717) is 17.8 Å². The number of amides is 1. The Bertz CT molecular complexity index is 660. The molecule has 2 rings (SSSR count). The highest BCUT2D eigenvalue weighted by Gasteiger charge is 2.03. The lowest BCUT2D eigenvalue weighted by atomic mass is 10.2. The quantitative estimate of drug-likeness (QED) is 0.808. The highest BCUT2D eigenvalue weighted by Crippen LogP contribution is 2.21. The van der Waals surface area contributed by atoms with Crippen LogP contribution in [-0.4, -0.2) is 26.5 Å². The number of benzene rings is 2. The van der Waals surface area contributed by atoms with E-state index in [1.807, 2.05) is 50.2 Å². The molecule has 0 saturated heterocycles. The van der Waals surface area contributed by atoms with Crippen LogP contribution in [0.3, 0.4) is 0 Å². The van der Waals surface area contributed by atoms with Gasteiger partial charge in [0.2, 0.25) is 0 Å². The molecule has 0 bridgehead atoms. The minimum absolute atomic E-state index is 0.0605. The predicted octanol–water partition coefficient (Wildman–Crippen LogP) is 4.31. The maximum atomic E-state index is 11.8. The second-order valence-corrected chi connectivity index (χ2v) is 5.41. The highest BCUT2D eigenvalue weighted by atomic mass is 16.1. The largest absolute Gasteiger partial charge is 0.378 e. The predicted molar refractivity (Wildman–Crippen MR) is 94.0 cm³/mol. The molecule has 0 atom stereocenters. The molecule has 0 aliphatic carbocycles. The lowest BCUT2D eigenvalue weighted by Gasteiger charge is -2.11. The van der Waals surface area contributed by atoms with Crippen molar-refractivity contribution in [3.63, 3.8) is 0 Å². The first-order valence-corrected chi connectivity index (χ1v) is 7.67. The average molecular weight is 310 g/mol. The summed E-state index contributed by atoms with van der Waals surface area (Å²) in [7, 11) is 3.99. The molecule has 23 heavy (non-hydrogen) atoms. The molecule has 0 heterocycles. The summed E-state index contributed by atoms with van der Waals surface area (Å²) < 4.78 is 0. The molecule has 1 amide bonds. The summed E-state index contributed by atoms with van der Waals surface area (Å²) >= 11 is 0. The van der Waals surface area contributed by atoms with Crippen LogP contribution in [0, 0.1) is 0 Å². The van der Waals surface area contributed by atoms with Crippen LogP contribution < -0.4 is 10.2 Å². The zero-order valence-corrected chi connectivity index (χ0v) is 13.8. The van der Waals surface area contributed by atoms with Gasteiger partial charge in [-0.25, -0.2) is 0 Å². The number of anilines is 1. The average Bonchev–Trinajstić information content (AvgIpc) is 2.58. The number of azo groups is 1. The second kappa shape index (κ2) is 8.08. The number of hydrogen-bond donors (Lipinski definition) is 1. The Labute approximate surface area is 137 Å². The third kappa shape index (κ3) is 4.92. The standard InChI is InChI=1S/C18H22N4O/c1-4-13-19-18(23)14-5-7-15(8-6-14)20-21-16-9-11-17(12-10-16)22(2)3/h5-12H,4,13H2,1-3H3,(H,19,23). The Morgan fingerprint density at radius 2 is 1.48 bits per heavy atom. The Hall–Kier alpha value is -2.69. The number of rotatable bonds is 6. The molecule has 0 fully saturated rings. The molecule has 0 spiro atoms. The smallest absolute Gasteiger partial charge is 0.251 e. The molecule has 0 unspecified atom stereocenters. The van der Waals surface area contributed by atoms with E-state index in [-0.39, 0.29) is 5.91 Å². The number of carbonyl (C=O) groups excluding carboxylic acids is 1. The number of carbonyl (C=O) groups is 1. The molecule has 0 aliphatic rings. The van der Waals surface area contributed by atoms with Crippen LogP contribution >= 0.6 is 0 Å². The topological polar surface area (TPSA) is 57.1 Å². The first kappa shape index (κ1) is 16.7. The first-order valence-electron chi connectivity index (χ1n) is 7.67. The van der Waals surface area contributed by atoms with E-state index < -0.39 is 0 Å². The zero-order valence-electron chi connectivity index (χ0n) is 13.8. The van der Waals surface area contributed by atoms with E-state index in [2.05, 4.69) is 15.5 Å². The molecule has 2 aromatic rings. The van der Waals surface area contributed by atoms with Gasteiger partial charge in [-0.05, 0) is 55.0 Å². The summed E-state index contributed by atoms with van der Waals surface area (Å²) in [5.74, 6) is -0.0605. The maximum absolute atomic E-state index is 11.8. The van der Waals surface area contributed by atoms with Crippen molar-refractivity contribution in [2.45, 2.75) is 13.3 Å². The zero-order chi connectivity index (χ0) is 16.7. The van der Waals surface area contributed by atoms with Gasteiger partial charge in [0, 0.05) is 31.9 Å². The summed E-state index contributed by atoms with van der Waals surface area (Å²) in [5, 5.41) is 11.2. The Balaban J connectivity index is 2.01. The van der Waals surface area contributed by atoms with Crippen LogP contribution in [0.1, 0.15) is 23.7 Å². The number of nitrogens with one attached hydrogen (secondary N) is 1. The van der Waals surface area contributed by atoms with E-state index in [1.165, 1.54) is 0 Å². The highest BCUT2D eigenvalue weighted by molar-refractivity contribution is 5.94. The van der Waals surface area contributed by atoms with Crippen molar-refractivity contribution in [1.82, 2.24) is 5.32 Å². The van der Waals surface area contributed by atoms with Crippen molar-refractivity contribution >= 4 is 23.0 Å². The Kier molecular flexibility index (Phi) is 5.86. The lowest BCUT2D eigenvalue weighted by Crippen LogP contribution is -2.23. The molecule has 0 aromatic heterocycles. The molecule has 0 radical (unpaired) electrons. The molecule has 1 N–H and O–H groups in total. The second-order valence-electron chi connectivity index (χ2n) is 5.41. The van der Waals surface area contributed by atoms with Crippen LogP contribution in [0.4, 0.5) is 17.1 Å². The van der Waals surface area contributed by atoms with Gasteiger partial charge in [-0.1, -0.05) is 6.92 Å². The summed E-state index contributed by atoms with van der Waals surface area (Å²) in [6.45, 7) is 2.71. The number of nitrogens with zero attached hydrogens (tertiary/aromatic N) is 3. The lowest BCUT2D eigenvalue weighted by molar-refractivity contribution is 0.0953. The van der Waals surface area contributed by atoms with Crippen LogP contribution in [-0.2, 0) is 0 Å². The summed E-state index contributed by atoms with van der Waals surface area (Å²) in [4.78, 5) is 13.8. The van der Waals surface area contributed by atoms with Crippen LogP contribution in [0.25, 0.3) is 0 Å². The molecular weight excluding hydrogens is 288 g/mol. The van der Waals surface area contributed by atoms with Gasteiger partial charge in [-0.2, -0.15) is 10.2 Å². The van der Waals surface area contributed by atoms with E-state index in [9.17, 15) is 4.79 Å². The third-order valence-corrected chi connectivity index (χ3v) is 3.31. The van der Waals surface area contributed by atoms with E-state index in [0.717, 1.165) is 17.8 Å². The van der Waals surface area contributed by atoms with E-state index in [4.69, 9.17) is 0 Å². The Morgan fingerprint density at radius 3 is 1.96 bits per heavy atom. The minimum Gasteiger partial charge on any atom is -0.378 e. The van der Waals surface area contributed by atoms with E-state index >= 15 is 0 Å². The summed E-state index contributed by atoms with van der Waals surface area (Å²) in [6, 6.07) is 14.9. The molecular formula is C18H22N4O. The van der Waals surface area contributed by atoms with Crippen LogP contribution in [0.15, 0.2) is 58.8 Å². The van der Waals surface area contributed by atoms with Gasteiger partial charge in [-0.3, -0.25) is 4.79 Å². The van der Waals surface area contributed by atoms with Gasteiger partial charge >= 0.3 is 0 Å². The summed E-state index contributed by atoms with van der Waals surface area (Å²) in [6.07, 6.45) is 0.921. The fraction of sp³-hybridized carbons (Fsp3) is 0.278. The van der Waals surface area contributed by atoms with Gasteiger partial charge in [0.15, 0.2) is 0 Å². The van der Waals surface area contributed by atoms with Crippen LogP contribution in [0.2, 0.25) is 0 Å². The van der Waals surface area contributed by atoms with Crippen LogP contribution in [0.5, 0.6) is 0 Å². The molecule has 120 valence electrons. The molecule has 0 saturated carbocycles. The molecule has 5 heteroatoms. The van der Waals surface area contributed by atoms with Gasteiger partial charge in [0.1, 0.15) is 0 Å². The monoisotopic (exact) mass is 310 g/mol.